The number of oxazole rings is 1. The fourth-order valence-electron chi connectivity index (χ4n) is 2.71. The van der Waals surface area contributed by atoms with Crippen molar-refractivity contribution >= 4 is 28.7 Å². The van der Waals surface area contributed by atoms with E-state index in [4.69, 9.17) is 13.9 Å². The second-order valence-corrected chi connectivity index (χ2v) is 6.84. The molecule has 1 heterocycles. The average molecular weight is 381 g/mol. The fourth-order valence-corrected chi connectivity index (χ4v) is 2.71. The molecule has 6 nitrogen and oxygen atoms in total. The second kappa shape index (κ2) is 8.61. The highest BCUT2D eigenvalue weighted by Crippen LogP contribution is 2.31. The molecular formula is C22H23NO5. The molecule has 0 radical (unpaired) electrons. The molecule has 0 saturated carbocycles. The van der Waals surface area contributed by atoms with E-state index in [0.29, 0.717) is 46.6 Å². The van der Waals surface area contributed by atoms with Crippen LogP contribution in [0.5, 0.6) is 11.5 Å². The Morgan fingerprint density at radius 2 is 2.00 bits per heavy atom. The Labute approximate surface area is 163 Å². The van der Waals surface area contributed by atoms with Gasteiger partial charge in [-0.3, -0.25) is 4.79 Å². The number of fused-ring (bicyclic) bond motifs is 1. The van der Waals surface area contributed by atoms with Crippen molar-refractivity contribution in [2.75, 3.05) is 13.7 Å². The molecular weight excluding hydrogens is 358 g/mol. The van der Waals surface area contributed by atoms with Gasteiger partial charge in [0.05, 0.1) is 20.1 Å². The van der Waals surface area contributed by atoms with Crippen LogP contribution in [0.3, 0.4) is 0 Å². The van der Waals surface area contributed by atoms with Gasteiger partial charge in [-0.2, -0.15) is 0 Å². The number of carboxylic acids is 1. The summed E-state index contributed by atoms with van der Waals surface area (Å²) in [6.45, 7) is 4.73. The van der Waals surface area contributed by atoms with Gasteiger partial charge in [-0.1, -0.05) is 32.0 Å². The second-order valence-electron chi connectivity index (χ2n) is 6.84. The van der Waals surface area contributed by atoms with E-state index >= 15 is 0 Å². The van der Waals surface area contributed by atoms with Crippen molar-refractivity contribution in [2.45, 2.75) is 20.3 Å². The van der Waals surface area contributed by atoms with Crippen LogP contribution < -0.4 is 9.47 Å². The molecule has 2 aromatic carbocycles. The van der Waals surface area contributed by atoms with Crippen LogP contribution >= 0.6 is 0 Å². The standard InChI is InChI=1S/C22H23NO5/c1-14(2)13-27-19-9-8-15(11-20(19)26-3)10-16(12-21(24)25)22-23-17-6-4-5-7-18(17)28-22/h4-11,14H,12-13H2,1-3H3,(H,24,25)/b16-10+. The number of rotatable bonds is 8. The van der Waals surface area contributed by atoms with Gasteiger partial charge in [0.25, 0.3) is 0 Å². The van der Waals surface area contributed by atoms with Crippen molar-refractivity contribution in [3.05, 3.63) is 53.9 Å². The number of hydrogen-bond donors (Lipinski definition) is 1. The summed E-state index contributed by atoms with van der Waals surface area (Å²) in [6.07, 6.45) is 1.54. The zero-order valence-electron chi connectivity index (χ0n) is 16.1. The minimum Gasteiger partial charge on any atom is -0.493 e. The van der Waals surface area contributed by atoms with E-state index in [1.165, 1.54) is 0 Å². The van der Waals surface area contributed by atoms with Gasteiger partial charge >= 0.3 is 5.97 Å². The zero-order chi connectivity index (χ0) is 20.1. The number of benzene rings is 2. The Morgan fingerprint density at radius 1 is 1.21 bits per heavy atom. The number of ether oxygens (including phenoxy) is 2. The lowest BCUT2D eigenvalue weighted by molar-refractivity contribution is -0.135. The predicted octanol–water partition coefficient (Wildman–Crippen LogP) is 4.89. The number of para-hydroxylation sites is 2. The number of nitrogens with zero attached hydrogens (tertiary/aromatic N) is 1. The lowest BCUT2D eigenvalue weighted by atomic mass is 10.1. The van der Waals surface area contributed by atoms with Gasteiger partial charge < -0.3 is 19.0 Å². The molecule has 6 heteroatoms. The Bertz CT molecular complexity index is 970. The molecule has 0 aliphatic rings. The molecule has 0 amide bonds. The largest absolute Gasteiger partial charge is 0.493 e. The van der Waals surface area contributed by atoms with E-state index in [0.717, 1.165) is 5.56 Å². The van der Waals surface area contributed by atoms with Gasteiger partial charge in [-0.15, -0.1) is 0 Å². The van der Waals surface area contributed by atoms with Gasteiger partial charge in [0.1, 0.15) is 5.52 Å². The molecule has 3 rings (SSSR count). The summed E-state index contributed by atoms with van der Waals surface area (Å²) >= 11 is 0. The predicted molar refractivity (Wildman–Crippen MR) is 107 cm³/mol. The van der Waals surface area contributed by atoms with Gasteiger partial charge in [0.2, 0.25) is 5.89 Å². The minimum atomic E-state index is -0.961. The number of hydrogen-bond acceptors (Lipinski definition) is 5. The highest BCUT2D eigenvalue weighted by Gasteiger charge is 2.15. The third-order valence-electron chi connectivity index (χ3n) is 4.01. The normalized spacial score (nSPS) is 11.8. The summed E-state index contributed by atoms with van der Waals surface area (Å²) in [7, 11) is 1.57. The van der Waals surface area contributed by atoms with Crippen LogP contribution in [0.15, 0.2) is 46.9 Å². The van der Waals surface area contributed by atoms with Crippen LogP contribution in [0, 0.1) is 5.92 Å². The van der Waals surface area contributed by atoms with Gasteiger partial charge in [0, 0.05) is 5.57 Å². The topological polar surface area (TPSA) is 81.8 Å². The highest BCUT2D eigenvalue weighted by atomic mass is 16.5. The first kappa shape index (κ1) is 19.5. The van der Waals surface area contributed by atoms with Crippen LogP contribution in [0.25, 0.3) is 22.7 Å². The third-order valence-corrected chi connectivity index (χ3v) is 4.01. The van der Waals surface area contributed by atoms with Crippen molar-refractivity contribution in [3.8, 4) is 11.5 Å². The number of aliphatic carboxylic acids is 1. The van der Waals surface area contributed by atoms with E-state index in [9.17, 15) is 9.90 Å². The van der Waals surface area contributed by atoms with E-state index in [-0.39, 0.29) is 6.42 Å². The molecule has 0 fully saturated rings. The van der Waals surface area contributed by atoms with Gasteiger partial charge in [-0.25, -0.2) is 4.98 Å². The summed E-state index contributed by atoms with van der Waals surface area (Å²) in [4.78, 5) is 15.8. The first-order valence-corrected chi connectivity index (χ1v) is 9.05. The van der Waals surface area contributed by atoms with E-state index in [1.54, 1.807) is 25.3 Å². The molecule has 146 valence electrons. The maximum Gasteiger partial charge on any atom is 0.308 e. The van der Waals surface area contributed by atoms with Crippen molar-refractivity contribution in [1.29, 1.82) is 0 Å². The Hall–Kier alpha value is -3.28. The van der Waals surface area contributed by atoms with E-state index in [1.807, 2.05) is 30.3 Å². The molecule has 1 aromatic heterocycles. The zero-order valence-corrected chi connectivity index (χ0v) is 16.1. The summed E-state index contributed by atoms with van der Waals surface area (Å²) in [5.41, 5.74) is 2.54. The van der Waals surface area contributed by atoms with Crippen molar-refractivity contribution in [1.82, 2.24) is 4.98 Å². The quantitative estimate of drug-likeness (QED) is 0.598. The third kappa shape index (κ3) is 4.71. The van der Waals surface area contributed by atoms with Crippen LogP contribution in [0.4, 0.5) is 0 Å². The van der Waals surface area contributed by atoms with Crippen LogP contribution in [-0.2, 0) is 4.79 Å². The summed E-state index contributed by atoms with van der Waals surface area (Å²) < 4.78 is 16.9. The minimum absolute atomic E-state index is 0.208. The SMILES string of the molecule is COc1cc(/C=C(\CC(=O)O)c2nc3ccccc3o2)ccc1OCC(C)C. The van der Waals surface area contributed by atoms with Crippen molar-refractivity contribution < 1.29 is 23.8 Å². The number of carboxylic acid groups (broad SMARTS) is 1. The highest BCUT2D eigenvalue weighted by molar-refractivity contribution is 5.91. The van der Waals surface area contributed by atoms with Crippen molar-refractivity contribution in [2.24, 2.45) is 5.92 Å². The van der Waals surface area contributed by atoms with Gasteiger partial charge in [0.15, 0.2) is 17.1 Å². The first-order chi connectivity index (χ1) is 13.5. The monoisotopic (exact) mass is 381 g/mol. The van der Waals surface area contributed by atoms with Crippen molar-refractivity contribution in [3.63, 3.8) is 0 Å². The maximum absolute atomic E-state index is 11.4. The molecule has 3 aromatic rings. The average Bonchev–Trinajstić information content (AvgIpc) is 3.10. The fraction of sp³-hybridized carbons (Fsp3) is 0.273. The Morgan fingerprint density at radius 3 is 2.68 bits per heavy atom. The molecule has 0 bridgehead atoms. The maximum atomic E-state index is 11.4. The lowest BCUT2D eigenvalue weighted by Crippen LogP contribution is -2.05. The molecule has 0 saturated heterocycles. The van der Waals surface area contributed by atoms with Gasteiger partial charge in [-0.05, 0) is 41.8 Å². The molecule has 0 aliphatic heterocycles. The van der Waals surface area contributed by atoms with E-state index < -0.39 is 5.97 Å². The number of methoxy groups -OCH3 is 1. The number of carbonyl (C=O) groups is 1. The molecule has 0 atom stereocenters. The summed E-state index contributed by atoms with van der Waals surface area (Å²) in [5.74, 6) is 0.960. The van der Waals surface area contributed by atoms with E-state index in [2.05, 4.69) is 18.8 Å². The Kier molecular flexibility index (Phi) is 5.99. The van der Waals surface area contributed by atoms with Crippen LogP contribution in [0.1, 0.15) is 31.7 Å². The summed E-state index contributed by atoms with van der Waals surface area (Å²) in [5, 5.41) is 9.31. The molecule has 28 heavy (non-hydrogen) atoms. The first-order valence-electron chi connectivity index (χ1n) is 9.05. The smallest absolute Gasteiger partial charge is 0.308 e. The number of aromatic nitrogens is 1. The molecule has 0 spiro atoms. The molecule has 1 N–H and O–H groups in total. The van der Waals surface area contributed by atoms with Crippen LogP contribution in [-0.4, -0.2) is 29.8 Å². The molecule has 0 aliphatic carbocycles. The lowest BCUT2D eigenvalue weighted by Gasteiger charge is -2.13. The Balaban J connectivity index is 1.96. The van der Waals surface area contributed by atoms with Crippen LogP contribution in [0.2, 0.25) is 0 Å². The molecule has 0 unspecified atom stereocenters. The summed E-state index contributed by atoms with van der Waals surface area (Å²) in [6, 6.07) is 12.8.